The first-order chi connectivity index (χ1) is 13.4. The first kappa shape index (κ1) is 20.1. The van der Waals surface area contributed by atoms with E-state index in [-0.39, 0.29) is 17.9 Å². The van der Waals surface area contributed by atoms with Crippen LogP contribution in [0.5, 0.6) is 5.75 Å². The molecule has 0 aliphatic rings. The molecule has 144 valence electrons. The summed E-state index contributed by atoms with van der Waals surface area (Å²) in [4.78, 5) is 28.6. The fourth-order valence-electron chi connectivity index (χ4n) is 2.41. The molecule has 28 heavy (non-hydrogen) atoms. The summed E-state index contributed by atoms with van der Waals surface area (Å²) in [5.41, 5.74) is 6.24. The minimum absolute atomic E-state index is 0.265. The molecule has 0 saturated carbocycles. The normalized spacial score (nSPS) is 10.5. The number of amides is 2. The molecule has 0 fully saturated rings. The van der Waals surface area contributed by atoms with Crippen molar-refractivity contribution in [3.63, 3.8) is 0 Å². The summed E-state index contributed by atoms with van der Waals surface area (Å²) in [7, 11) is 0. The lowest BCUT2D eigenvalue weighted by Crippen LogP contribution is -2.21. The first-order valence-electron chi connectivity index (χ1n) is 8.12. The largest absolute Gasteiger partial charge is 0.483 e. The molecule has 1 aromatic heterocycles. The van der Waals surface area contributed by atoms with Crippen LogP contribution >= 0.6 is 34.5 Å². The molecule has 9 heteroatoms. The molecule has 3 rings (SSSR count). The lowest BCUT2D eigenvalue weighted by molar-refractivity contribution is -0.119. The molecule has 3 aromatic rings. The van der Waals surface area contributed by atoms with Crippen LogP contribution in [0.1, 0.15) is 20.8 Å². The Bertz CT molecular complexity index is 1020. The molecule has 0 spiro atoms. The van der Waals surface area contributed by atoms with Crippen molar-refractivity contribution in [3.8, 4) is 5.75 Å². The van der Waals surface area contributed by atoms with E-state index in [0.717, 1.165) is 10.4 Å². The van der Waals surface area contributed by atoms with Gasteiger partial charge in [-0.2, -0.15) is 0 Å². The van der Waals surface area contributed by atoms with Gasteiger partial charge in [-0.3, -0.25) is 14.9 Å². The van der Waals surface area contributed by atoms with E-state index in [1.54, 1.807) is 48.7 Å². The van der Waals surface area contributed by atoms with Gasteiger partial charge in [0.15, 0.2) is 11.7 Å². The summed E-state index contributed by atoms with van der Waals surface area (Å²) >= 11 is 13.5. The smallest absolute Gasteiger partial charge is 0.261 e. The van der Waals surface area contributed by atoms with E-state index >= 15 is 0 Å². The number of hydrogen-bond donors (Lipinski definition) is 2. The number of hydrogen-bond acceptors (Lipinski definition) is 5. The third kappa shape index (κ3) is 5.22. The first-order valence-corrected chi connectivity index (χ1v) is 9.69. The number of nitrogens with two attached hydrogens (primary N) is 1. The summed E-state index contributed by atoms with van der Waals surface area (Å²) in [5.74, 6) is -0.762. The Morgan fingerprint density at radius 2 is 1.96 bits per heavy atom. The molecule has 0 bridgehead atoms. The van der Waals surface area contributed by atoms with Crippen molar-refractivity contribution in [2.45, 2.75) is 6.42 Å². The number of primary amides is 1. The third-order valence-corrected chi connectivity index (χ3v) is 5.16. The zero-order chi connectivity index (χ0) is 20.1. The lowest BCUT2D eigenvalue weighted by Gasteiger charge is -2.09. The van der Waals surface area contributed by atoms with Crippen molar-refractivity contribution < 1.29 is 14.3 Å². The van der Waals surface area contributed by atoms with Crippen LogP contribution in [-0.2, 0) is 11.2 Å². The van der Waals surface area contributed by atoms with Crippen molar-refractivity contribution in [2.75, 3.05) is 11.9 Å². The molecule has 6 nitrogen and oxygen atoms in total. The van der Waals surface area contributed by atoms with E-state index in [1.807, 2.05) is 0 Å². The Hall–Kier alpha value is -2.61. The van der Waals surface area contributed by atoms with Crippen molar-refractivity contribution in [3.05, 3.63) is 74.7 Å². The van der Waals surface area contributed by atoms with Gasteiger partial charge < -0.3 is 10.5 Å². The molecule has 0 unspecified atom stereocenters. The second-order valence-corrected chi connectivity index (χ2v) is 7.71. The summed E-state index contributed by atoms with van der Waals surface area (Å²) in [6.07, 6.45) is 2.22. The molecule has 3 N–H and O–H groups in total. The van der Waals surface area contributed by atoms with E-state index in [1.165, 1.54) is 11.3 Å². The molecule has 0 aliphatic carbocycles. The number of carbonyl (C=O) groups is 2. The van der Waals surface area contributed by atoms with E-state index in [2.05, 4.69) is 10.3 Å². The molecule has 0 radical (unpaired) electrons. The SMILES string of the molecule is NC(=O)COc1ccccc1C(=O)Nc1ncc(Cc2cc(Cl)ccc2Cl)s1. The van der Waals surface area contributed by atoms with E-state index in [0.29, 0.717) is 21.6 Å². The third-order valence-electron chi connectivity index (χ3n) is 3.65. The second-order valence-electron chi connectivity index (χ2n) is 5.75. The maximum Gasteiger partial charge on any atom is 0.261 e. The minimum Gasteiger partial charge on any atom is -0.483 e. The summed E-state index contributed by atoms with van der Waals surface area (Å²) in [6.45, 7) is -0.313. The van der Waals surface area contributed by atoms with Crippen LogP contribution in [0.2, 0.25) is 10.0 Å². The number of nitrogens with one attached hydrogen (secondary N) is 1. The van der Waals surface area contributed by atoms with E-state index in [4.69, 9.17) is 33.7 Å². The van der Waals surface area contributed by atoms with Gasteiger partial charge in [-0.05, 0) is 35.9 Å². The van der Waals surface area contributed by atoms with Gasteiger partial charge in [-0.1, -0.05) is 35.3 Å². The average molecular weight is 436 g/mol. The second kappa shape index (κ2) is 9.05. The van der Waals surface area contributed by atoms with Crippen LogP contribution < -0.4 is 15.8 Å². The topological polar surface area (TPSA) is 94.3 Å². The van der Waals surface area contributed by atoms with E-state index in [9.17, 15) is 9.59 Å². The number of thiazole rings is 1. The number of anilines is 1. The zero-order valence-electron chi connectivity index (χ0n) is 14.4. The average Bonchev–Trinajstić information content (AvgIpc) is 3.10. The number of para-hydroxylation sites is 1. The molecule has 0 atom stereocenters. The van der Waals surface area contributed by atoms with Crippen molar-refractivity contribution in [1.82, 2.24) is 4.98 Å². The van der Waals surface area contributed by atoms with Gasteiger partial charge in [0, 0.05) is 27.5 Å². The summed E-state index contributed by atoms with van der Waals surface area (Å²) < 4.78 is 5.29. The molecular weight excluding hydrogens is 421 g/mol. The van der Waals surface area contributed by atoms with Gasteiger partial charge >= 0.3 is 0 Å². The fourth-order valence-corrected chi connectivity index (χ4v) is 3.62. The zero-order valence-corrected chi connectivity index (χ0v) is 16.8. The predicted molar refractivity (Wildman–Crippen MR) is 110 cm³/mol. The maximum absolute atomic E-state index is 12.6. The van der Waals surface area contributed by atoms with Gasteiger partial charge in [0.1, 0.15) is 5.75 Å². The van der Waals surface area contributed by atoms with Crippen molar-refractivity contribution >= 4 is 51.5 Å². The van der Waals surface area contributed by atoms with Crippen LogP contribution in [0.15, 0.2) is 48.7 Å². The monoisotopic (exact) mass is 435 g/mol. The van der Waals surface area contributed by atoms with Crippen molar-refractivity contribution in [2.24, 2.45) is 5.73 Å². The van der Waals surface area contributed by atoms with Crippen LogP contribution in [-0.4, -0.2) is 23.4 Å². The summed E-state index contributed by atoms with van der Waals surface area (Å²) in [6, 6.07) is 11.8. The number of nitrogens with zero attached hydrogens (tertiary/aromatic N) is 1. The van der Waals surface area contributed by atoms with Crippen LogP contribution in [0.4, 0.5) is 5.13 Å². The van der Waals surface area contributed by atoms with Crippen LogP contribution in [0.3, 0.4) is 0 Å². The predicted octanol–water partition coefficient (Wildman–Crippen LogP) is 4.16. The molecule has 2 aromatic carbocycles. The van der Waals surface area contributed by atoms with Gasteiger partial charge in [0.05, 0.1) is 5.56 Å². The van der Waals surface area contributed by atoms with Crippen LogP contribution in [0, 0.1) is 0 Å². The molecule has 1 heterocycles. The van der Waals surface area contributed by atoms with Gasteiger partial charge in [-0.15, -0.1) is 11.3 Å². The van der Waals surface area contributed by atoms with Gasteiger partial charge in [-0.25, -0.2) is 4.98 Å². The van der Waals surface area contributed by atoms with Gasteiger partial charge in [0.25, 0.3) is 11.8 Å². The molecule has 0 aliphatic heterocycles. The Morgan fingerprint density at radius 1 is 1.18 bits per heavy atom. The standard InChI is InChI=1S/C19H15Cl2N3O3S/c20-12-5-6-15(21)11(7-12)8-13-9-23-19(28-13)24-18(26)14-3-1-2-4-16(14)27-10-17(22)25/h1-7,9H,8,10H2,(H2,22,25)(H,23,24,26). The number of carbonyl (C=O) groups excluding carboxylic acids is 2. The number of aromatic nitrogens is 1. The highest BCUT2D eigenvalue weighted by Gasteiger charge is 2.15. The number of rotatable bonds is 7. The van der Waals surface area contributed by atoms with Crippen molar-refractivity contribution in [1.29, 1.82) is 0 Å². The highest BCUT2D eigenvalue weighted by Crippen LogP contribution is 2.27. The Balaban J connectivity index is 1.71. The lowest BCUT2D eigenvalue weighted by atomic mass is 10.1. The Morgan fingerprint density at radius 3 is 2.75 bits per heavy atom. The Labute approximate surface area is 175 Å². The number of halogens is 2. The number of ether oxygens (including phenoxy) is 1. The maximum atomic E-state index is 12.6. The highest BCUT2D eigenvalue weighted by atomic mass is 35.5. The fraction of sp³-hybridized carbons (Fsp3) is 0.105. The molecule has 2 amide bonds. The highest BCUT2D eigenvalue weighted by molar-refractivity contribution is 7.15. The van der Waals surface area contributed by atoms with E-state index < -0.39 is 11.8 Å². The summed E-state index contributed by atoms with van der Waals surface area (Å²) in [5, 5.41) is 4.38. The molecular formula is C19H15Cl2N3O3S. The number of benzene rings is 2. The van der Waals surface area contributed by atoms with Gasteiger partial charge in [0.2, 0.25) is 0 Å². The minimum atomic E-state index is -0.626. The quantitative estimate of drug-likeness (QED) is 0.582. The Kier molecular flexibility index (Phi) is 6.51. The van der Waals surface area contributed by atoms with Crippen LogP contribution in [0.25, 0.3) is 0 Å². The molecule has 0 saturated heterocycles.